The Labute approximate surface area is 152 Å². The van der Waals surface area contributed by atoms with E-state index < -0.39 is 10.2 Å². The average Bonchev–Trinajstić information content (AvgIpc) is 2.55. The van der Waals surface area contributed by atoms with Crippen molar-refractivity contribution in [3.05, 3.63) is 29.8 Å². The van der Waals surface area contributed by atoms with Crippen LogP contribution in [0.15, 0.2) is 24.3 Å². The number of rotatable bonds is 8. The van der Waals surface area contributed by atoms with Gasteiger partial charge < -0.3 is 4.90 Å². The molecule has 1 heterocycles. The third-order valence-corrected chi connectivity index (χ3v) is 5.81. The van der Waals surface area contributed by atoms with Gasteiger partial charge >= 0.3 is 0 Å². The molecule has 1 saturated heterocycles. The van der Waals surface area contributed by atoms with Crippen LogP contribution >= 0.6 is 0 Å². The molecule has 0 bridgehead atoms. The van der Waals surface area contributed by atoms with Crippen LogP contribution in [0.25, 0.3) is 0 Å². The zero-order valence-corrected chi connectivity index (χ0v) is 16.6. The molecule has 2 N–H and O–H groups in total. The zero-order valence-electron chi connectivity index (χ0n) is 15.8. The van der Waals surface area contributed by atoms with Crippen LogP contribution in [0.5, 0.6) is 0 Å². The molecule has 1 fully saturated rings. The molecule has 1 atom stereocenters. The number of anilines is 1. The Balaban J connectivity index is 2.15. The Bertz CT molecular complexity index is 623. The van der Waals surface area contributed by atoms with Crippen molar-refractivity contribution in [3.8, 4) is 0 Å². The van der Waals surface area contributed by atoms with Crippen molar-refractivity contribution in [2.45, 2.75) is 45.2 Å². The second-order valence-electron chi connectivity index (χ2n) is 7.22. The van der Waals surface area contributed by atoms with Crippen LogP contribution in [0, 0.1) is 0 Å². The van der Waals surface area contributed by atoms with Crippen LogP contribution in [0.4, 0.5) is 5.69 Å². The molecule has 6 nitrogen and oxygen atoms in total. The van der Waals surface area contributed by atoms with Crippen molar-refractivity contribution in [2.24, 2.45) is 0 Å². The summed E-state index contributed by atoms with van der Waals surface area (Å²) in [6.45, 7) is 6.05. The highest BCUT2D eigenvalue weighted by Crippen LogP contribution is 2.26. The van der Waals surface area contributed by atoms with E-state index >= 15 is 0 Å². The topological polar surface area (TPSA) is 64.7 Å². The minimum atomic E-state index is -3.48. The fourth-order valence-electron chi connectivity index (χ4n) is 3.22. The van der Waals surface area contributed by atoms with Crippen molar-refractivity contribution in [1.82, 2.24) is 14.3 Å². The van der Waals surface area contributed by atoms with Gasteiger partial charge in [0, 0.05) is 38.4 Å². The lowest BCUT2D eigenvalue weighted by molar-refractivity contribution is 0.164. The van der Waals surface area contributed by atoms with Crippen LogP contribution in [0.2, 0.25) is 0 Å². The van der Waals surface area contributed by atoms with E-state index in [0.717, 1.165) is 24.3 Å². The van der Waals surface area contributed by atoms with Crippen molar-refractivity contribution in [2.75, 3.05) is 38.6 Å². The van der Waals surface area contributed by atoms with Gasteiger partial charge in [0.05, 0.1) is 0 Å². The van der Waals surface area contributed by atoms with Gasteiger partial charge in [0.25, 0.3) is 10.2 Å². The number of piperidine rings is 1. The zero-order chi connectivity index (χ0) is 18.4. The van der Waals surface area contributed by atoms with E-state index in [2.05, 4.69) is 43.5 Å². The summed E-state index contributed by atoms with van der Waals surface area (Å²) in [4.78, 5) is 4.46. The molecule has 0 amide bonds. The number of nitrogens with zero attached hydrogens (tertiary/aromatic N) is 2. The maximum Gasteiger partial charge on any atom is 0.277 e. The molecule has 7 heteroatoms. The second kappa shape index (κ2) is 8.98. The second-order valence-corrected chi connectivity index (χ2v) is 8.75. The van der Waals surface area contributed by atoms with Crippen LogP contribution < -0.4 is 14.3 Å². The lowest BCUT2D eigenvalue weighted by Crippen LogP contribution is -2.45. The molecule has 25 heavy (non-hydrogen) atoms. The number of hydrogen-bond donors (Lipinski definition) is 2. The number of likely N-dealkylation sites (tertiary alicyclic amines) is 1. The van der Waals surface area contributed by atoms with Gasteiger partial charge in [0.2, 0.25) is 0 Å². The molecule has 1 aromatic carbocycles. The standard InChI is InChI=1S/C18H32N4O2S/c1-15(2)20-25(23,24)19-14-18(22-12-6-5-7-13-22)16-8-10-17(11-9-16)21(3)4/h8-11,15,18-20H,5-7,12-14H2,1-4H3. The quantitative estimate of drug-likeness (QED) is 0.738. The molecule has 2 rings (SSSR count). The third-order valence-electron chi connectivity index (χ3n) is 4.48. The summed E-state index contributed by atoms with van der Waals surface area (Å²) in [5, 5.41) is 0. The molecule has 0 saturated carbocycles. The summed E-state index contributed by atoms with van der Waals surface area (Å²) in [7, 11) is 0.554. The summed E-state index contributed by atoms with van der Waals surface area (Å²) in [5.41, 5.74) is 2.29. The Morgan fingerprint density at radius 3 is 2.20 bits per heavy atom. The summed E-state index contributed by atoms with van der Waals surface area (Å²) in [6, 6.07) is 8.34. The largest absolute Gasteiger partial charge is 0.378 e. The first-order valence-corrected chi connectivity index (χ1v) is 10.5. The van der Waals surface area contributed by atoms with Gasteiger partial charge in [-0.15, -0.1) is 0 Å². The molecule has 0 aliphatic carbocycles. The molecule has 0 radical (unpaired) electrons. The maximum absolute atomic E-state index is 12.2. The van der Waals surface area contributed by atoms with E-state index in [1.807, 2.05) is 27.9 Å². The van der Waals surface area contributed by atoms with Gasteiger partial charge in [-0.1, -0.05) is 18.6 Å². The van der Waals surface area contributed by atoms with Crippen LogP contribution in [-0.2, 0) is 10.2 Å². The highest BCUT2D eigenvalue weighted by atomic mass is 32.2. The Morgan fingerprint density at radius 2 is 1.68 bits per heavy atom. The van der Waals surface area contributed by atoms with E-state index in [0.29, 0.717) is 6.54 Å². The minimum absolute atomic E-state index is 0.0558. The maximum atomic E-state index is 12.2. The summed E-state index contributed by atoms with van der Waals surface area (Å²) < 4.78 is 29.6. The first kappa shape index (κ1) is 20.2. The number of benzene rings is 1. The van der Waals surface area contributed by atoms with E-state index in [1.54, 1.807) is 0 Å². The van der Waals surface area contributed by atoms with Crippen molar-refractivity contribution in [3.63, 3.8) is 0 Å². The Kier molecular flexibility index (Phi) is 7.25. The Morgan fingerprint density at radius 1 is 1.08 bits per heavy atom. The predicted octanol–water partition coefficient (Wildman–Crippen LogP) is 2.11. The smallest absolute Gasteiger partial charge is 0.277 e. The van der Waals surface area contributed by atoms with Crippen molar-refractivity contribution in [1.29, 1.82) is 0 Å². The predicted molar refractivity (Wildman–Crippen MR) is 104 cm³/mol. The SMILES string of the molecule is CC(C)NS(=O)(=O)NCC(c1ccc(N(C)C)cc1)N1CCCCC1. The minimum Gasteiger partial charge on any atom is -0.378 e. The fraction of sp³-hybridized carbons (Fsp3) is 0.667. The summed E-state index contributed by atoms with van der Waals surface area (Å²) in [6.07, 6.45) is 3.59. The summed E-state index contributed by atoms with van der Waals surface area (Å²) in [5.74, 6) is 0. The van der Waals surface area contributed by atoms with Gasteiger partial charge in [0.1, 0.15) is 0 Å². The summed E-state index contributed by atoms with van der Waals surface area (Å²) >= 11 is 0. The number of nitrogens with one attached hydrogen (secondary N) is 2. The average molecular weight is 369 g/mol. The highest BCUT2D eigenvalue weighted by Gasteiger charge is 2.24. The molecular formula is C18H32N4O2S. The van der Waals surface area contributed by atoms with E-state index in [1.165, 1.54) is 19.3 Å². The molecular weight excluding hydrogens is 336 g/mol. The Hall–Kier alpha value is -1.15. The van der Waals surface area contributed by atoms with Gasteiger partial charge in [-0.05, 0) is 57.5 Å². The van der Waals surface area contributed by atoms with Crippen molar-refractivity contribution >= 4 is 15.9 Å². The van der Waals surface area contributed by atoms with Gasteiger partial charge in [-0.25, -0.2) is 4.72 Å². The molecule has 1 unspecified atom stereocenters. The first-order chi connectivity index (χ1) is 11.8. The molecule has 142 valence electrons. The van der Waals surface area contributed by atoms with Crippen LogP contribution in [0.3, 0.4) is 0 Å². The molecule has 1 aliphatic rings. The lowest BCUT2D eigenvalue weighted by Gasteiger charge is -2.35. The fourth-order valence-corrected chi connectivity index (χ4v) is 4.30. The number of hydrogen-bond acceptors (Lipinski definition) is 4. The van der Waals surface area contributed by atoms with E-state index in [4.69, 9.17) is 0 Å². The van der Waals surface area contributed by atoms with Crippen molar-refractivity contribution < 1.29 is 8.42 Å². The normalized spacial score (nSPS) is 17.6. The van der Waals surface area contributed by atoms with Gasteiger partial charge in [-0.2, -0.15) is 13.1 Å². The highest BCUT2D eigenvalue weighted by molar-refractivity contribution is 7.87. The van der Waals surface area contributed by atoms with Gasteiger partial charge in [0.15, 0.2) is 0 Å². The first-order valence-electron chi connectivity index (χ1n) is 9.07. The lowest BCUT2D eigenvalue weighted by atomic mass is 10.0. The molecule has 1 aliphatic heterocycles. The van der Waals surface area contributed by atoms with Gasteiger partial charge in [-0.3, -0.25) is 4.90 Å². The molecule has 1 aromatic rings. The monoisotopic (exact) mass is 368 g/mol. The third kappa shape index (κ3) is 6.26. The van der Waals surface area contributed by atoms with E-state index in [-0.39, 0.29) is 12.1 Å². The van der Waals surface area contributed by atoms with E-state index in [9.17, 15) is 8.42 Å². The van der Waals surface area contributed by atoms with Crippen LogP contribution in [0.1, 0.15) is 44.7 Å². The molecule has 0 aromatic heterocycles. The molecule has 0 spiro atoms. The van der Waals surface area contributed by atoms with Crippen LogP contribution in [-0.4, -0.2) is 53.1 Å².